The monoisotopic (exact) mass is 550 g/mol. The Morgan fingerprint density at radius 3 is 2.58 bits per heavy atom. The zero-order chi connectivity index (χ0) is 27.6. The zero-order valence-corrected chi connectivity index (χ0v) is 20.7. The van der Waals surface area contributed by atoms with Gasteiger partial charge in [0.25, 0.3) is 0 Å². The lowest BCUT2D eigenvalue weighted by atomic mass is 10.0. The number of hydrogen-bond donors (Lipinski definition) is 1. The van der Waals surface area contributed by atoms with Crippen LogP contribution in [0.25, 0.3) is 28.3 Å². The summed E-state index contributed by atoms with van der Waals surface area (Å²) in [5.41, 5.74) is -2.64. The first-order chi connectivity index (χ1) is 18.0. The van der Waals surface area contributed by atoms with Gasteiger partial charge in [-0.2, -0.15) is 18.3 Å². The molecule has 4 rings (SSSR count). The molecule has 0 saturated heterocycles. The van der Waals surface area contributed by atoms with Gasteiger partial charge in [0.15, 0.2) is 11.5 Å². The van der Waals surface area contributed by atoms with Crippen molar-refractivity contribution in [2.24, 2.45) is 0 Å². The van der Waals surface area contributed by atoms with E-state index in [4.69, 9.17) is 20.9 Å². The van der Waals surface area contributed by atoms with Crippen LogP contribution in [-0.4, -0.2) is 33.4 Å². The minimum Gasteiger partial charge on any atom is -0.462 e. The van der Waals surface area contributed by atoms with Gasteiger partial charge in [0.2, 0.25) is 5.91 Å². The minimum atomic E-state index is -4.98. The molecule has 2 heterocycles. The Balaban J connectivity index is 1.93. The maximum Gasteiger partial charge on any atom is 0.434 e. The highest BCUT2D eigenvalue weighted by atomic mass is 35.5. The van der Waals surface area contributed by atoms with E-state index in [1.54, 1.807) is 6.07 Å². The number of rotatable bonds is 7. The van der Waals surface area contributed by atoms with Crippen molar-refractivity contribution in [1.29, 1.82) is 0 Å². The third-order valence-corrected chi connectivity index (χ3v) is 5.67. The lowest BCUT2D eigenvalue weighted by Crippen LogP contribution is -2.19. The maximum absolute atomic E-state index is 14.7. The number of benzene rings is 2. The third-order valence-electron chi connectivity index (χ3n) is 5.35. The first-order valence-electron chi connectivity index (χ1n) is 11.1. The molecule has 0 aliphatic rings. The summed E-state index contributed by atoms with van der Waals surface area (Å²) in [5, 5.41) is 10.0. The molecule has 1 N–H and O–H groups in total. The van der Waals surface area contributed by atoms with Crippen molar-refractivity contribution >= 4 is 23.5 Å². The predicted molar refractivity (Wildman–Crippen MR) is 128 cm³/mol. The van der Waals surface area contributed by atoms with Crippen molar-refractivity contribution in [2.75, 3.05) is 6.61 Å². The number of esters is 1. The Kier molecular flexibility index (Phi) is 7.53. The summed E-state index contributed by atoms with van der Waals surface area (Å²) in [6.07, 6.45) is -4.12. The molecule has 2 aromatic heterocycles. The van der Waals surface area contributed by atoms with E-state index in [-0.39, 0.29) is 35.3 Å². The third kappa shape index (κ3) is 5.25. The SMILES string of the molecule is CCOC(=O)c1c(-c2c(F)cccc2Cl)noc1-c1cnn(-c2cccc(CNC(C)=O)c2)c1C(F)(F)F. The highest BCUT2D eigenvalue weighted by molar-refractivity contribution is 6.33. The molecular weight excluding hydrogens is 532 g/mol. The average Bonchev–Trinajstić information content (AvgIpc) is 3.48. The number of nitrogens with one attached hydrogen (secondary N) is 1. The van der Waals surface area contributed by atoms with Crippen LogP contribution >= 0.6 is 11.6 Å². The fourth-order valence-corrected chi connectivity index (χ4v) is 4.02. The van der Waals surface area contributed by atoms with E-state index in [1.807, 2.05) is 0 Å². The molecule has 2 aromatic carbocycles. The van der Waals surface area contributed by atoms with Crippen LogP contribution in [-0.2, 0) is 22.3 Å². The Labute approximate surface area is 218 Å². The molecule has 0 atom stereocenters. The standard InChI is InChI=1S/C25H19ClF4N4O4/c1-3-37-24(36)20-21(19-17(26)8-5-9-18(19)27)33-38-22(20)16-12-32-34(23(16)25(28,29)30)15-7-4-6-14(10-15)11-31-13(2)35/h4-10,12H,3,11H2,1-2H3,(H,31,35). The van der Waals surface area contributed by atoms with Crippen molar-refractivity contribution < 1.29 is 36.4 Å². The summed E-state index contributed by atoms with van der Waals surface area (Å²) < 4.78 is 68.8. The van der Waals surface area contributed by atoms with Crippen molar-refractivity contribution in [3.63, 3.8) is 0 Å². The van der Waals surface area contributed by atoms with Crippen LogP contribution in [0.3, 0.4) is 0 Å². The van der Waals surface area contributed by atoms with Crippen LogP contribution in [0.4, 0.5) is 17.6 Å². The van der Waals surface area contributed by atoms with Gasteiger partial charge < -0.3 is 14.6 Å². The van der Waals surface area contributed by atoms with E-state index < -0.39 is 46.2 Å². The molecule has 13 heteroatoms. The lowest BCUT2D eigenvalue weighted by molar-refractivity contribution is -0.142. The topological polar surface area (TPSA) is 99.2 Å². The maximum atomic E-state index is 14.7. The summed E-state index contributed by atoms with van der Waals surface area (Å²) in [6.45, 7) is 2.77. The van der Waals surface area contributed by atoms with Gasteiger partial charge in [-0.25, -0.2) is 13.9 Å². The lowest BCUT2D eigenvalue weighted by Gasteiger charge is -2.13. The Morgan fingerprint density at radius 2 is 1.92 bits per heavy atom. The Morgan fingerprint density at radius 1 is 1.18 bits per heavy atom. The number of halogens is 5. The summed E-state index contributed by atoms with van der Waals surface area (Å²) in [5.74, 6) is -2.89. The molecule has 0 fully saturated rings. The van der Waals surface area contributed by atoms with E-state index in [1.165, 1.54) is 44.2 Å². The number of nitrogens with zero attached hydrogens (tertiary/aromatic N) is 3. The second-order valence-corrected chi connectivity index (χ2v) is 8.36. The minimum absolute atomic E-state index is 0.0287. The van der Waals surface area contributed by atoms with Crippen LogP contribution in [0.5, 0.6) is 0 Å². The molecule has 0 aliphatic heterocycles. The molecule has 0 spiro atoms. The molecule has 0 saturated carbocycles. The van der Waals surface area contributed by atoms with E-state index >= 15 is 0 Å². The molecule has 38 heavy (non-hydrogen) atoms. The number of ether oxygens (including phenoxy) is 1. The molecule has 0 bridgehead atoms. The Bertz CT molecular complexity index is 1490. The largest absolute Gasteiger partial charge is 0.462 e. The van der Waals surface area contributed by atoms with Gasteiger partial charge in [0.1, 0.15) is 17.1 Å². The van der Waals surface area contributed by atoms with Gasteiger partial charge in [0, 0.05) is 13.5 Å². The van der Waals surface area contributed by atoms with E-state index in [0.29, 0.717) is 10.2 Å². The second kappa shape index (κ2) is 10.7. The van der Waals surface area contributed by atoms with Gasteiger partial charge in [-0.1, -0.05) is 35.0 Å². The first-order valence-corrected chi connectivity index (χ1v) is 11.5. The van der Waals surface area contributed by atoms with E-state index in [2.05, 4.69) is 15.6 Å². The second-order valence-electron chi connectivity index (χ2n) is 7.95. The quantitative estimate of drug-likeness (QED) is 0.230. The Hall–Kier alpha value is -4.19. The summed E-state index contributed by atoms with van der Waals surface area (Å²) in [6, 6.07) is 9.63. The van der Waals surface area contributed by atoms with Crippen LogP contribution < -0.4 is 5.32 Å². The summed E-state index contributed by atoms with van der Waals surface area (Å²) in [4.78, 5) is 24.1. The van der Waals surface area contributed by atoms with Gasteiger partial charge in [0.05, 0.1) is 34.6 Å². The van der Waals surface area contributed by atoms with Crippen molar-refractivity contribution in [2.45, 2.75) is 26.6 Å². The smallest absolute Gasteiger partial charge is 0.434 e. The number of amides is 1. The number of carbonyl (C=O) groups is 2. The zero-order valence-electron chi connectivity index (χ0n) is 19.9. The summed E-state index contributed by atoms with van der Waals surface area (Å²) in [7, 11) is 0. The fraction of sp³-hybridized carbons (Fsp3) is 0.200. The van der Waals surface area contributed by atoms with Crippen LogP contribution in [0.1, 0.15) is 35.5 Å². The molecular formula is C25H19ClF4N4O4. The molecule has 0 unspecified atom stereocenters. The molecule has 0 radical (unpaired) electrons. The van der Waals surface area contributed by atoms with Crippen molar-refractivity contribution in [1.82, 2.24) is 20.3 Å². The highest BCUT2D eigenvalue weighted by Crippen LogP contribution is 2.43. The predicted octanol–water partition coefficient (Wildman–Crippen LogP) is 5.82. The molecule has 198 valence electrons. The van der Waals surface area contributed by atoms with Crippen LogP contribution in [0, 0.1) is 5.82 Å². The average molecular weight is 551 g/mol. The molecule has 0 aliphatic carbocycles. The van der Waals surface area contributed by atoms with E-state index in [0.717, 1.165) is 12.3 Å². The normalized spacial score (nSPS) is 11.4. The van der Waals surface area contributed by atoms with Crippen LogP contribution in [0.15, 0.2) is 53.2 Å². The number of alkyl halides is 3. The number of carbonyl (C=O) groups excluding carboxylic acids is 2. The molecule has 4 aromatic rings. The highest BCUT2D eigenvalue weighted by Gasteiger charge is 2.42. The van der Waals surface area contributed by atoms with Crippen LogP contribution in [0.2, 0.25) is 5.02 Å². The van der Waals surface area contributed by atoms with Crippen molar-refractivity contribution in [3.05, 3.63) is 76.3 Å². The van der Waals surface area contributed by atoms with Gasteiger partial charge >= 0.3 is 12.1 Å². The molecule has 1 amide bonds. The van der Waals surface area contributed by atoms with Crippen molar-refractivity contribution in [3.8, 4) is 28.3 Å². The first kappa shape index (κ1) is 26.9. The molecule has 8 nitrogen and oxygen atoms in total. The summed E-state index contributed by atoms with van der Waals surface area (Å²) >= 11 is 6.12. The van der Waals surface area contributed by atoms with E-state index in [9.17, 15) is 27.2 Å². The number of hydrogen-bond acceptors (Lipinski definition) is 6. The van der Waals surface area contributed by atoms with Gasteiger partial charge in [-0.05, 0) is 36.8 Å². The fourth-order valence-electron chi connectivity index (χ4n) is 3.77. The number of aromatic nitrogens is 3. The van der Waals surface area contributed by atoms with Gasteiger partial charge in [-0.3, -0.25) is 4.79 Å². The van der Waals surface area contributed by atoms with Gasteiger partial charge in [-0.15, -0.1) is 0 Å².